The van der Waals surface area contributed by atoms with Crippen molar-refractivity contribution < 1.29 is 4.79 Å². The maximum atomic E-state index is 12.1. The van der Waals surface area contributed by atoms with Crippen molar-refractivity contribution in [2.24, 2.45) is 0 Å². The molecule has 1 fully saturated rings. The SMILES string of the molecule is Cc1ccc(CC(=O)NC2CCCNC2C)cc1C. The van der Waals surface area contributed by atoms with Crippen LogP contribution in [-0.2, 0) is 11.2 Å². The average Bonchev–Trinajstić information content (AvgIpc) is 2.37. The zero-order chi connectivity index (χ0) is 13.8. The molecule has 1 aromatic carbocycles. The number of hydrogen-bond acceptors (Lipinski definition) is 2. The van der Waals surface area contributed by atoms with Crippen molar-refractivity contribution in [2.75, 3.05) is 6.54 Å². The van der Waals surface area contributed by atoms with Crippen LogP contribution in [0.3, 0.4) is 0 Å². The van der Waals surface area contributed by atoms with Gasteiger partial charge in [0.1, 0.15) is 0 Å². The molecule has 2 unspecified atom stereocenters. The van der Waals surface area contributed by atoms with Crippen LogP contribution in [0, 0.1) is 13.8 Å². The van der Waals surface area contributed by atoms with E-state index in [0.717, 1.165) is 24.9 Å². The van der Waals surface area contributed by atoms with E-state index in [9.17, 15) is 4.79 Å². The summed E-state index contributed by atoms with van der Waals surface area (Å²) in [6.45, 7) is 7.38. The van der Waals surface area contributed by atoms with Crippen molar-refractivity contribution in [2.45, 2.75) is 52.1 Å². The van der Waals surface area contributed by atoms with Crippen LogP contribution in [0.5, 0.6) is 0 Å². The third kappa shape index (κ3) is 3.80. The summed E-state index contributed by atoms with van der Waals surface area (Å²) in [7, 11) is 0. The second kappa shape index (κ2) is 6.20. The Balaban J connectivity index is 1.91. The van der Waals surface area contributed by atoms with E-state index in [2.05, 4.69) is 43.5 Å². The highest BCUT2D eigenvalue weighted by atomic mass is 16.1. The van der Waals surface area contributed by atoms with E-state index in [1.54, 1.807) is 0 Å². The van der Waals surface area contributed by atoms with Crippen LogP contribution in [-0.4, -0.2) is 24.5 Å². The highest BCUT2D eigenvalue weighted by molar-refractivity contribution is 5.79. The van der Waals surface area contributed by atoms with Gasteiger partial charge in [-0.25, -0.2) is 0 Å². The van der Waals surface area contributed by atoms with Crippen LogP contribution in [0.15, 0.2) is 18.2 Å². The van der Waals surface area contributed by atoms with Crippen molar-refractivity contribution in [3.8, 4) is 0 Å². The second-order valence-corrected chi connectivity index (χ2v) is 5.65. The van der Waals surface area contributed by atoms with Crippen LogP contribution in [0.25, 0.3) is 0 Å². The topological polar surface area (TPSA) is 41.1 Å². The van der Waals surface area contributed by atoms with E-state index >= 15 is 0 Å². The fourth-order valence-corrected chi connectivity index (χ4v) is 2.60. The molecule has 1 aliphatic rings. The Morgan fingerprint density at radius 2 is 2.16 bits per heavy atom. The monoisotopic (exact) mass is 260 g/mol. The maximum absolute atomic E-state index is 12.1. The van der Waals surface area contributed by atoms with Gasteiger partial charge in [0.15, 0.2) is 0 Å². The van der Waals surface area contributed by atoms with Gasteiger partial charge in [-0.05, 0) is 56.8 Å². The fourth-order valence-electron chi connectivity index (χ4n) is 2.60. The molecule has 3 nitrogen and oxygen atoms in total. The summed E-state index contributed by atoms with van der Waals surface area (Å²) in [5, 5.41) is 6.55. The molecule has 104 valence electrons. The Kier molecular flexibility index (Phi) is 4.59. The molecule has 1 aromatic rings. The molecule has 19 heavy (non-hydrogen) atoms. The first-order valence-corrected chi connectivity index (χ1v) is 7.15. The Hall–Kier alpha value is -1.35. The first-order valence-electron chi connectivity index (χ1n) is 7.15. The summed E-state index contributed by atoms with van der Waals surface area (Å²) in [5.41, 5.74) is 3.62. The molecule has 2 N–H and O–H groups in total. The van der Waals surface area contributed by atoms with Gasteiger partial charge in [0.2, 0.25) is 5.91 Å². The van der Waals surface area contributed by atoms with Crippen LogP contribution < -0.4 is 10.6 Å². The van der Waals surface area contributed by atoms with Gasteiger partial charge >= 0.3 is 0 Å². The van der Waals surface area contributed by atoms with E-state index in [0.29, 0.717) is 12.5 Å². The first-order chi connectivity index (χ1) is 9.06. The number of amides is 1. The predicted molar refractivity (Wildman–Crippen MR) is 78.2 cm³/mol. The lowest BCUT2D eigenvalue weighted by atomic mass is 9.99. The second-order valence-electron chi connectivity index (χ2n) is 5.65. The summed E-state index contributed by atoms with van der Waals surface area (Å²) in [5.74, 6) is 0.129. The number of benzene rings is 1. The van der Waals surface area contributed by atoms with Crippen molar-refractivity contribution >= 4 is 5.91 Å². The number of nitrogens with one attached hydrogen (secondary N) is 2. The number of carbonyl (C=O) groups excluding carboxylic acids is 1. The van der Waals surface area contributed by atoms with Gasteiger partial charge in [-0.3, -0.25) is 4.79 Å². The molecule has 3 heteroatoms. The molecule has 0 radical (unpaired) electrons. The van der Waals surface area contributed by atoms with E-state index in [-0.39, 0.29) is 11.9 Å². The lowest BCUT2D eigenvalue weighted by Gasteiger charge is -2.30. The number of carbonyl (C=O) groups is 1. The summed E-state index contributed by atoms with van der Waals surface area (Å²) >= 11 is 0. The molecule has 0 spiro atoms. The zero-order valence-electron chi connectivity index (χ0n) is 12.1. The Labute approximate surface area is 115 Å². The average molecular weight is 260 g/mol. The largest absolute Gasteiger partial charge is 0.352 e. The summed E-state index contributed by atoms with van der Waals surface area (Å²) in [4.78, 5) is 12.1. The van der Waals surface area contributed by atoms with Gasteiger partial charge in [0.05, 0.1) is 6.42 Å². The molecule has 2 rings (SSSR count). The van der Waals surface area contributed by atoms with Gasteiger partial charge in [-0.15, -0.1) is 0 Å². The minimum Gasteiger partial charge on any atom is -0.352 e. The molecule has 1 aliphatic heterocycles. The number of rotatable bonds is 3. The molecular weight excluding hydrogens is 236 g/mol. The van der Waals surface area contributed by atoms with Gasteiger partial charge in [0.25, 0.3) is 0 Å². The summed E-state index contributed by atoms with van der Waals surface area (Å²) in [6.07, 6.45) is 2.69. The lowest BCUT2D eigenvalue weighted by Crippen LogP contribution is -2.52. The fraction of sp³-hybridized carbons (Fsp3) is 0.562. The molecule has 1 saturated heterocycles. The van der Waals surface area contributed by atoms with Crippen molar-refractivity contribution in [3.63, 3.8) is 0 Å². The predicted octanol–water partition coefficient (Wildman–Crippen LogP) is 2.10. The maximum Gasteiger partial charge on any atom is 0.224 e. The molecular formula is C16H24N2O. The van der Waals surface area contributed by atoms with Gasteiger partial charge in [-0.2, -0.15) is 0 Å². The zero-order valence-corrected chi connectivity index (χ0v) is 12.1. The molecule has 0 aromatic heterocycles. The third-order valence-corrected chi connectivity index (χ3v) is 4.04. The molecule has 0 aliphatic carbocycles. The highest BCUT2D eigenvalue weighted by Crippen LogP contribution is 2.12. The van der Waals surface area contributed by atoms with Crippen LogP contribution in [0.4, 0.5) is 0 Å². The van der Waals surface area contributed by atoms with Crippen molar-refractivity contribution in [3.05, 3.63) is 34.9 Å². The highest BCUT2D eigenvalue weighted by Gasteiger charge is 2.22. The van der Waals surface area contributed by atoms with E-state index < -0.39 is 0 Å². The van der Waals surface area contributed by atoms with Crippen molar-refractivity contribution in [1.82, 2.24) is 10.6 Å². The summed E-state index contributed by atoms with van der Waals surface area (Å²) in [6, 6.07) is 6.88. The Morgan fingerprint density at radius 3 is 2.84 bits per heavy atom. The van der Waals surface area contributed by atoms with E-state index in [1.165, 1.54) is 11.1 Å². The van der Waals surface area contributed by atoms with E-state index in [4.69, 9.17) is 0 Å². The normalized spacial score (nSPS) is 23.1. The van der Waals surface area contributed by atoms with Crippen molar-refractivity contribution in [1.29, 1.82) is 0 Å². The standard InChI is InChI=1S/C16H24N2O/c1-11-6-7-14(9-12(11)2)10-16(19)18-15-5-4-8-17-13(15)3/h6-7,9,13,15,17H,4-5,8,10H2,1-3H3,(H,18,19). The van der Waals surface area contributed by atoms with Crippen LogP contribution in [0.1, 0.15) is 36.5 Å². The van der Waals surface area contributed by atoms with Gasteiger partial charge in [-0.1, -0.05) is 18.2 Å². The van der Waals surface area contributed by atoms with Gasteiger partial charge in [0, 0.05) is 12.1 Å². The number of piperidine rings is 1. The third-order valence-electron chi connectivity index (χ3n) is 4.04. The van der Waals surface area contributed by atoms with E-state index in [1.807, 2.05) is 6.07 Å². The van der Waals surface area contributed by atoms with Crippen LogP contribution in [0.2, 0.25) is 0 Å². The molecule has 2 atom stereocenters. The minimum atomic E-state index is 0.129. The minimum absolute atomic E-state index is 0.129. The quantitative estimate of drug-likeness (QED) is 0.874. The molecule has 0 saturated carbocycles. The number of aryl methyl sites for hydroxylation is 2. The molecule has 0 bridgehead atoms. The molecule has 1 heterocycles. The summed E-state index contributed by atoms with van der Waals surface area (Å²) < 4.78 is 0. The Morgan fingerprint density at radius 1 is 1.37 bits per heavy atom. The lowest BCUT2D eigenvalue weighted by molar-refractivity contribution is -0.121. The Bertz CT molecular complexity index is 456. The first kappa shape index (κ1) is 14.1. The van der Waals surface area contributed by atoms with Gasteiger partial charge < -0.3 is 10.6 Å². The van der Waals surface area contributed by atoms with Crippen LogP contribution >= 0.6 is 0 Å². The smallest absolute Gasteiger partial charge is 0.224 e. The number of hydrogen-bond donors (Lipinski definition) is 2. The molecule has 1 amide bonds.